The molecule has 0 unspecified atom stereocenters. The second-order valence-electron chi connectivity index (χ2n) is 6.89. The predicted molar refractivity (Wildman–Crippen MR) is 111 cm³/mol. The molecule has 0 fully saturated rings. The summed E-state index contributed by atoms with van der Waals surface area (Å²) in [6, 6.07) is 24.5. The topological polar surface area (TPSA) is 35.0 Å². The van der Waals surface area contributed by atoms with E-state index in [4.69, 9.17) is 14.7 Å². The Balaban J connectivity index is 1.97. The van der Waals surface area contributed by atoms with Crippen molar-refractivity contribution in [2.24, 2.45) is 0 Å². The van der Waals surface area contributed by atoms with Crippen molar-refractivity contribution >= 4 is 11.0 Å². The van der Waals surface area contributed by atoms with Crippen molar-refractivity contribution in [1.29, 1.82) is 0 Å². The maximum absolute atomic E-state index is 5.59. The third-order valence-corrected chi connectivity index (χ3v) is 4.78. The van der Waals surface area contributed by atoms with E-state index in [0.29, 0.717) is 5.92 Å². The van der Waals surface area contributed by atoms with Crippen LogP contribution in [0.15, 0.2) is 72.8 Å². The first-order valence-electron chi connectivity index (χ1n) is 9.18. The summed E-state index contributed by atoms with van der Waals surface area (Å²) >= 11 is 0. The van der Waals surface area contributed by atoms with Gasteiger partial charge in [-0.3, -0.25) is 0 Å². The first-order valence-corrected chi connectivity index (χ1v) is 9.18. The fourth-order valence-electron chi connectivity index (χ4n) is 3.26. The molecule has 0 radical (unpaired) electrons. The molecule has 0 saturated heterocycles. The molecule has 0 saturated carbocycles. The van der Waals surface area contributed by atoms with Crippen molar-refractivity contribution in [2.45, 2.75) is 19.8 Å². The maximum atomic E-state index is 5.59. The van der Waals surface area contributed by atoms with Crippen molar-refractivity contribution in [3.8, 4) is 28.3 Å². The number of hydrogen-bond acceptors (Lipinski definition) is 3. The average molecular weight is 354 g/mol. The van der Waals surface area contributed by atoms with E-state index in [1.807, 2.05) is 48.5 Å². The first kappa shape index (κ1) is 17.2. The molecule has 3 heteroatoms. The fraction of sp³-hybridized carbons (Fsp3) is 0.167. The molecular weight excluding hydrogens is 332 g/mol. The normalized spacial score (nSPS) is 11.1. The van der Waals surface area contributed by atoms with E-state index in [-0.39, 0.29) is 0 Å². The van der Waals surface area contributed by atoms with Crippen LogP contribution in [0, 0.1) is 0 Å². The third kappa shape index (κ3) is 3.28. The Morgan fingerprint density at radius 1 is 0.704 bits per heavy atom. The van der Waals surface area contributed by atoms with E-state index >= 15 is 0 Å². The molecule has 0 amide bonds. The number of hydrogen-bond donors (Lipinski definition) is 0. The number of rotatable bonds is 4. The molecule has 0 atom stereocenters. The van der Waals surface area contributed by atoms with Gasteiger partial charge < -0.3 is 4.74 Å². The Hall–Kier alpha value is -3.20. The summed E-state index contributed by atoms with van der Waals surface area (Å²) in [5.74, 6) is 1.29. The van der Waals surface area contributed by atoms with Gasteiger partial charge in [0.2, 0.25) is 0 Å². The number of methoxy groups -OCH3 is 1. The molecule has 1 aromatic heterocycles. The molecule has 27 heavy (non-hydrogen) atoms. The molecule has 3 nitrogen and oxygen atoms in total. The molecule has 0 spiro atoms. The Morgan fingerprint density at radius 2 is 1.30 bits per heavy atom. The summed E-state index contributed by atoms with van der Waals surface area (Å²) < 4.78 is 5.59. The number of benzene rings is 3. The molecule has 0 aliphatic heterocycles. The van der Waals surface area contributed by atoms with E-state index in [1.165, 1.54) is 5.56 Å². The molecule has 134 valence electrons. The summed E-state index contributed by atoms with van der Waals surface area (Å²) in [5.41, 5.74) is 6.78. The van der Waals surface area contributed by atoms with Gasteiger partial charge >= 0.3 is 0 Å². The Kier molecular flexibility index (Phi) is 4.59. The van der Waals surface area contributed by atoms with E-state index in [0.717, 1.165) is 39.3 Å². The second-order valence-corrected chi connectivity index (χ2v) is 6.89. The van der Waals surface area contributed by atoms with Crippen LogP contribution < -0.4 is 4.74 Å². The van der Waals surface area contributed by atoms with Crippen LogP contribution >= 0.6 is 0 Å². The second kappa shape index (κ2) is 7.20. The van der Waals surface area contributed by atoms with Crippen LogP contribution in [0.5, 0.6) is 5.75 Å². The zero-order chi connectivity index (χ0) is 18.8. The van der Waals surface area contributed by atoms with Crippen LogP contribution in [-0.4, -0.2) is 17.1 Å². The van der Waals surface area contributed by atoms with Crippen LogP contribution in [0.4, 0.5) is 0 Å². The summed E-state index contributed by atoms with van der Waals surface area (Å²) in [6.07, 6.45) is 0. The predicted octanol–water partition coefficient (Wildman–Crippen LogP) is 6.10. The van der Waals surface area contributed by atoms with Gasteiger partial charge in [-0.15, -0.1) is 0 Å². The standard InChI is InChI=1S/C24H22N2O/c1-16(2)17-12-14-18(15-13-17)23-24(19-8-4-7-11-22(19)27-3)26-21-10-6-5-9-20(21)25-23/h4-16H,1-3H3. The minimum atomic E-state index is 0.496. The zero-order valence-corrected chi connectivity index (χ0v) is 15.8. The molecule has 4 aromatic rings. The van der Waals surface area contributed by atoms with Crippen molar-refractivity contribution in [3.05, 3.63) is 78.4 Å². The molecular formula is C24H22N2O. The third-order valence-electron chi connectivity index (χ3n) is 4.78. The number of fused-ring (bicyclic) bond motifs is 1. The number of aromatic nitrogens is 2. The van der Waals surface area contributed by atoms with Gasteiger partial charge in [0, 0.05) is 11.1 Å². The molecule has 4 rings (SSSR count). The SMILES string of the molecule is COc1ccccc1-c1nc2ccccc2nc1-c1ccc(C(C)C)cc1. The highest BCUT2D eigenvalue weighted by molar-refractivity contribution is 5.87. The molecule has 3 aromatic carbocycles. The average Bonchev–Trinajstić information content (AvgIpc) is 2.73. The monoisotopic (exact) mass is 354 g/mol. The van der Waals surface area contributed by atoms with Crippen molar-refractivity contribution in [3.63, 3.8) is 0 Å². The van der Waals surface area contributed by atoms with Gasteiger partial charge in [-0.2, -0.15) is 0 Å². The quantitative estimate of drug-likeness (QED) is 0.444. The van der Waals surface area contributed by atoms with Gasteiger partial charge in [-0.05, 0) is 35.7 Å². The van der Waals surface area contributed by atoms with Crippen molar-refractivity contribution in [2.75, 3.05) is 7.11 Å². The van der Waals surface area contributed by atoms with E-state index in [1.54, 1.807) is 7.11 Å². The number of nitrogens with zero attached hydrogens (tertiary/aromatic N) is 2. The van der Waals surface area contributed by atoms with Crippen LogP contribution in [0.2, 0.25) is 0 Å². The number of para-hydroxylation sites is 3. The first-order chi connectivity index (χ1) is 13.2. The summed E-state index contributed by atoms with van der Waals surface area (Å²) in [7, 11) is 1.68. The van der Waals surface area contributed by atoms with Gasteiger partial charge in [-0.25, -0.2) is 9.97 Å². The largest absolute Gasteiger partial charge is 0.496 e. The smallest absolute Gasteiger partial charge is 0.128 e. The van der Waals surface area contributed by atoms with Crippen LogP contribution in [0.1, 0.15) is 25.3 Å². The van der Waals surface area contributed by atoms with Gasteiger partial charge in [0.1, 0.15) is 11.4 Å². The Bertz CT molecular complexity index is 1080. The molecule has 1 heterocycles. The Labute approximate surface area is 159 Å². The molecule has 0 N–H and O–H groups in total. The van der Waals surface area contributed by atoms with E-state index < -0.39 is 0 Å². The zero-order valence-electron chi connectivity index (χ0n) is 15.8. The van der Waals surface area contributed by atoms with Gasteiger partial charge in [0.25, 0.3) is 0 Å². The van der Waals surface area contributed by atoms with Gasteiger partial charge in [0.05, 0.1) is 23.8 Å². The minimum Gasteiger partial charge on any atom is -0.496 e. The molecule has 0 bridgehead atoms. The number of ether oxygens (including phenoxy) is 1. The highest BCUT2D eigenvalue weighted by Gasteiger charge is 2.16. The van der Waals surface area contributed by atoms with Crippen molar-refractivity contribution < 1.29 is 4.74 Å². The molecule has 0 aliphatic carbocycles. The lowest BCUT2D eigenvalue weighted by molar-refractivity contribution is 0.416. The highest BCUT2D eigenvalue weighted by Crippen LogP contribution is 2.36. The lowest BCUT2D eigenvalue weighted by Crippen LogP contribution is -1.97. The highest BCUT2D eigenvalue weighted by atomic mass is 16.5. The summed E-state index contributed by atoms with van der Waals surface area (Å²) in [5, 5.41) is 0. The lowest BCUT2D eigenvalue weighted by Gasteiger charge is -2.14. The fourth-order valence-corrected chi connectivity index (χ4v) is 3.26. The van der Waals surface area contributed by atoms with E-state index in [9.17, 15) is 0 Å². The van der Waals surface area contributed by atoms with E-state index in [2.05, 4.69) is 38.1 Å². The Morgan fingerprint density at radius 3 is 1.93 bits per heavy atom. The summed E-state index contributed by atoms with van der Waals surface area (Å²) in [4.78, 5) is 9.90. The maximum Gasteiger partial charge on any atom is 0.128 e. The van der Waals surface area contributed by atoms with Gasteiger partial charge in [0.15, 0.2) is 0 Å². The lowest BCUT2D eigenvalue weighted by atomic mass is 9.98. The van der Waals surface area contributed by atoms with Crippen LogP contribution in [0.25, 0.3) is 33.5 Å². The molecule has 0 aliphatic rings. The minimum absolute atomic E-state index is 0.496. The van der Waals surface area contributed by atoms with Crippen LogP contribution in [-0.2, 0) is 0 Å². The van der Waals surface area contributed by atoms with Crippen molar-refractivity contribution in [1.82, 2.24) is 9.97 Å². The van der Waals surface area contributed by atoms with Gasteiger partial charge in [-0.1, -0.05) is 62.4 Å². The van der Waals surface area contributed by atoms with Crippen LogP contribution in [0.3, 0.4) is 0 Å². The summed E-state index contributed by atoms with van der Waals surface area (Å²) in [6.45, 7) is 4.40.